The molecular formula is C15H21FN2O. The van der Waals surface area contributed by atoms with Gasteiger partial charge in [-0.25, -0.2) is 4.39 Å². The Balaban J connectivity index is 1.92. The van der Waals surface area contributed by atoms with E-state index in [1.165, 1.54) is 18.6 Å². The molecule has 0 saturated carbocycles. The number of amides is 1. The lowest BCUT2D eigenvalue weighted by Crippen LogP contribution is -2.44. The summed E-state index contributed by atoms with van der Waals surface area (Å²) in [6, 6.07) is 6.24. The van der Waals surface area contributed by atoms with Gasteiger partial charge in [0.2, 0.25) is 5.91 Å². The van der Waals surface area contributed by atoms with Crippen LogP contribution in [0.1, 0.15) is 31.2 Å². The molecule has 0 spiro atoms. The first-order valence-corrected chi connectivity index (χ1v) is 6.89. The number of hydrogen-bond acceptors (Lipinski definition) is 2. The lowest BCUT2D eigenvalue weighted by atomic mass is 10.1. The maximum absolute atomic E-state index is 12.8. The van der Waals surface area contributed by atoms with Crippen LogP contribution in [0.15, 0.2) is 24.3 Å². The second kappa shape index (κ2) is 6.66. The van der Waals surface area contributed by atoms with Gasteiger partial charge in [-0.1, -0.05) is 25.0 Å². The van der Waals surface area contributed by atoms with Crippen LogP contribution >= 0.6 is 0 Å². The molecule has 2 rings (SSSR count). The Labute approximate surface area is 113 Å². The van der Waals surface area contributed by atoms with Gasteiger partial charge in [-0.15, -0.1) is 0 Å². The van der Waals surface area contributed by atoms with Gasteiger partial charge in [-0.05, 0) is 37.1 Å². The molecule has 3 nitrogen and oxygen atoms in total. The van der Waals surface area contributed by atoms with Crippen molar-refractivity contribution in [3.05, 3.63) is 35.6 Å². The van der Waals surface area contributed by atoms with Crippen molar-refractivity contribution in [2.24, 2.45) is 0 Å². The van der Waals surface area contributed by atoms with Gasteiger partial charge in [0, 0.05) is 13.6 Å². The number of halogens is 1. The summed E-state index contributed by atoms with van der Waals surface area (Å²) in [6.07, 6.45) is 4.35. The molecule has 1 fully saturated rings. The zero-order valence-electron chi connectivity index (χ0n) is 11.4. The van der Waals surface area contributed by atoms with E-state index in [4.69, 9.17) is 0 Å². The number of nitrogens with zero attached hydrogens (tertiary/aromatic N) is 1. The predicted molar refractivity (Wildman–Crippen MR) is 73.1 cm³/mol. The van der Waals surface area contributed by atoms with E-state index in [2.05, 4.69) is 5.32 Å². The Morgan fingerprint density at radius 2 is 2.05 bits per heavy atom. The van der Waals surface area contributed by atoms with Crippen LogP contribution in [-0.2, 0) is 11.3 Å². The second-order valence-electron chi connectivity index (χ2n) is 5.18. The summed E-state index contributed by atoms with van der Waals surface area (Å²) >= 11 is 0. The number of benzene rings is 1. The van der Waals surface area contributed by atoms with E-state index in [1.807, 2.05) is 0 Å². The minimum atomic E-state index is -0.247. The fourth-order valence-electron chi connectivity index (χ4n) is 2.45. The first kappa shape index (κ1) is 14.0. The molecule has 1 aliphatic rings. The van der Waals surface area contributed by atoms with Gasteiger partial charge >= 0.3 is 0 Å². The molecule has 1 atom stereocenters. The lowest BCUT2D eigenvalue weighted by molar-refractivity contribution is -0.132. The summed E-state index contributed by atoms with van der Waals surface area (Å²) in [5.41, 5.74) is 0.950. The number of nitrogens with one attached hydrogen (secondary N) is 1. The first-order valence-electron chi connectivity index (χ1n) is 6.89. The van der Waals surface area contributed by atoms with Gasteiger partial charge in [0.25, 0.3) is 0 Å². The van der Waals surface area contributed by atoms with Crippen molar-refractivity contribution in [1.82, 2.24) is 10.2 Å². The number of hydrogen-bond donors (Lipinski definition) is 1. The molecule has 4 heteroatoms. The van der Waals surface area contributed by atoms with Crippen LogP contribution in [-0.4, -0.2) is 30.4 Å². The molecule has 1 saturated heterocycles. The fraction of sp³-hybridized carbons (Fsp3) is 0.533. The zero-order chi connectivity index (χ0) is 13.7. The standard InChI is InChI=1S/C15H21FN2O/c1-18(11-12-6-8-13(16)9-7-12)15(19)14-5-3-2-4-10-17-14/h6-9,14,17H,2-5,10-11H2,1H3. The Hall–Kier alpha value is -1.42. The molecule has 0 bridgehead atoms. The minimum absolute atomic E-state index is 0.0621. The summed E-state index contributed by atoms with van der Waals surface area (Å²) in [4.78, 5) is 14.0. The van der Waals surface area contributed by atoms with E-state index in [1.54, 1.807) is 24.1 Å². The van der Waals surface area contributed by atoms with Crippen LogP contribution in [0, 0.1) is 5.82 Å². The van der Waals surface area contributed by atoms with Crippen LogP contribution in [0.5, 0.6) is 0 Å². The minimum Gasteiger partial charge on any atom is -0.340 e. The molecule has 1 aromatic rings. The number of carbonyl (C=O) groups excluding carboxylic acids is 1. The maximum atomic E-state index is 12.8. The molecule has 104 valence electrons. The average molecular weight is 264 g/mol. The van der Waals surface area contributed by atoms with Gasteiger partial charge in [0.1, 0.15) is 5.82 Å². The van der Waals surface area contributed by atoms with Crippen LogP contribution in [0.3, 0.4) is 0 Å². The smallest absolute Gasteiger partial charge is 0.239 e. The second-order valence-corrected chi connectivity index (χ2v) is 5.18. The topological polar surface area (TPSA) is 32.3 Å². The molecule has 0 aliphatic carbocycles. The Bertz CT molecular complexity index is 411. The zero-order valence-corrected chi connectivity index (χ0v) is 11.4. The van der Waals surface area contributed by atoms with Gasteiger partial charge in [-0.3, -0.25) is 4.79 Å². The van der Waals surface area contributed by atoms with Crippen molar-refractivity contribution in [3.8, 4) is 0 Å². The lowest BCUT2D eigenvalue weighted by Gasteiger charge is -2.23. The molecule has 0 aromatic heterocycles. The molecule has 1 unspecified atom stereocenters. The number of likely N-dealkylation sites (N-methyl/N-ethyl adjacent to an activating group) is 1. The summed E-state index contributed by atoms with van der Waals surface area (Å²) in [5.74, 6) is -0.116. The van der Waals surface area contributed by atoms with E-state index in [0.717, 1.165) is 31.4 Å². The van der Waals surface area contributed by atoms with Gasteiger partial charge in [-0.2, -0.15) is 0 Å². The Morgan fingerprint density at radius 1 is 1.32 bits per heavy atom. The molecule has 1 heterocycles. The molecular weight excluding hydrogens is 243 g/mol. The van der Waals surface area contributed by atoms with Crippen molar-refractivity contribution in [3.63, 3.8) is 0 Å². The van der Waals surface area contributed by atoms with E-state index in [9.17, 15) is 9.18 Å². The van der Waals surface area contributed by atoms with Crippen LogP contribution in [0.4, 0.5) is 4.39 Å². The van der Waals surface area contributed by atoms with Gasteiger partial charge < -0.3 is 10.2 Å². The van der Waals surface area contributed by atoms with Crippen molar-refractivity contribution < 1.29 is 9.18 Å². The third-order valence-corrected chi connectivity index (χ3v) is 3.57. The average Bonchev–Trinajstić information content (AvgIpc) is 2.69. The summed E-state index contributed by atoms with van der Waals surface area (Å²) in [7, 11) is 1.80. The van der Waals surface area contributed by atoms with E-state index in [0.29, 0.717) is 6.54 Å². The van der Waals surface area contributed by atoms with Gasteiger partial charge in [0.15, 0.2) is 0 Å². The monoisotopic (exact) mass is 264 g/mol. The number of carbonyl (C=O) groups is 1. The SMILES string of the molecule is CN(Cc1ccc(F)cc1)C(=O)C1CCCCCN1. The molecule has 1 aliphatic heterocycles. The van der Waals surface area contributed by atoms with Crippen molar-refractivity contribution in [2.45, 2.75) is 38.3 Å². The summed E-state index contributed by atoms with van der Waals surface area (Å²) in [5, 5.41) is 3.31. The number of rotatable bonds is 3. The molecule has 0 radical (unpaired) electrons. The largest absolute Gasteiger partial charge is 0.340 e. The third kappa shape index (κ3) is 4.03. The fourth-order valence-corrected chi connectivity index (χ4v) is 2.45. The normalized spacial score (nSPS) is 19.8. The van der Waals surface area contributed by atoms with Gasteiger partial charge in [0.05, 0.1) is 6.04 Å². The maximum Gasteiger partial charge on any atom is 0.239 e. The third-order valence-electron chi connectivity index (χ3n) is 3.57. The van der Waals surface area contributed by atoms with E-state index in [-0.39, 0.29) is 17.8 Å². The molecule has 1 N–H and O–H groups in total. The highest BCUT2D eigenvalue weighted by Crippen LogP contribution is 2.12. The molecule has 1 aromatic carbocycles. The Morgan fingerprint density at radius 3 is 2.79 bits per heavy atom. The Kier molecular flexibility index (Phi) is 4.91. The van der Waals surface area contributed by atoms with Crippen LogP contribution in [0.25, 0.3) is 0 Å². The predicted octanol–water partition coefficient (Wildman–Crippen LogP) is 2.32. The van der Waals surface area contributed by atoms with Crippen LogP contribution in [0.2, 0.25) is 0 Å². The highest BCUT2D eigenvalue weighted by atomic mass is 19.1. The highest BCUT2D eigenvalue weighted by Gasteiger charge is 2.22. The quantitative estimate of drug-likeness (QED) is 0.908. The van der Waals surface area contributed by atoms with Crippen LogP contribution < -0.4 is 5.32 Å². The van der Waals surface area contributed by atoms with E-state index < -0.39 is 0 Å². The highest BCUT2D eigenvalue weighted by molar-refractivity contribution is 5.81. The van der Waals surface area contributed by atoms with E-state index >= 15 is 0 Å². The molecule has 1 amide bonds. The van der Waals surface area contributed by atoms with Crippen molar-refractivity contribution in [2.75, 3.05) is 13.6 Å². The van der Waals surface area contributed by atoms with Crippen molar-refractivity contribution >= 4 is 5.91 Å². The molecule has 19 heavy (non-hydrogen) atoms. The summed E-state index contributed by atoms with van der Waals surface area (Å²) in [6.45, 7) is 1.44. The summed E-state index contributed by atoms with van der Waals surface area (Å²) < 4.78 is 12.8. The first-order chi connectivity index (χ1) is 9.16. The van der Waals surface area contributed by atoms with Crippen molar-refractivity contribution in [1.29, 1.82) is 0 Å².